The number of nitrogens with one attached hydrogen (secondary N) is 1. The summed E-state index contributed by atoms with van der Waals surface area (Å²) < 4.78 is 0. The second kappa shape index (κ2) is 8.93. The van der Waals surface area contributed by atoms with Crippen molar-refractivity contribution in [3.05, 3.63) is 34.4 Å². The number of rotatable bonds is 9. The quantitative estimate of drug-likeness (QED) is 0.538. The largest absolute Gasteiger partial charge is 0.341 e. The third-order valence-corrected chi connectivity index (χ3v) is 4.05. The van der Waals surface area contributed by atoms with Crippen LogP contribution < -0.4 is 15.1 Å². The molecule has 2 aromatic rings. The maximum atomic E-state index is 11.2. The van der Waals surface area contributed by atoms with Crippen LogP contribution in [0.15, 0.2) is 24.3 Å². The molecule has 2 rings (SSSR count). The van der Waals surface area contributed by atoms with Gasteiger partial charge in [-0.3, -0.25) is 10.1 Å². The van der Waals surface area contributed by atoms with Crippen molar-refractivity contribution in [2.75, 3.05) is 41.3 Å². The SMILES string of the molecule is CCN(CC)c1nc(Nc2ccccc2[N+](=O)[O-])nc(N(CC)CC)n1. The Bertz CT molecular complexity index is 715. The number of nitrogens with zero attached hydrogens (tertiary/aromatic N) is 6. The molecule has 0 aliphatic heterocycles. The molecule has 0 aliphatic carbocycles. The summed E-state index contributed by atoms with van der Waals surface area (Å²) in [4.78, 5) is 28.3. The van der Waals surface area contributed by atoms with Crippen LogP contribution in [-0.2, 0) is 0 Å². The molecule has 0 saturated heterocycles. The average molecular weight is 359 g/mol. The summed E-state index contributed by atoms with van der Waals surface area (Å²) in [5.41, 5.74) is 0.321. The Morgan fingerprint density at radius 1 is 0.923 bits per heavy atom. The molecule has 140 valence electrons. The highest BCUT2D eigenvalue weighted by molar-refractivity contribution is 5.67. The van der Waals surface area contributed by atoms with Gasteiger partial charge in [0.1, 0.15) is 5.69 Å². The van der Waals surface area contributed by atoms with E-state index in [2.05, 4.69) is 20.3 Å². The fraction of sp³-hybridized carbons (Fsp3) is 0.471. The van der Waals surface area contributed by atoms with Gasteiger partial charge in [-0.2, -0.15) is 15.0 Å². The molecular formula is C17H25N7O2. The first-order chi connectivity index (χ1) is 12.5. The van der Waals surface area contributed by atoms with Crippen molar-refractivity contribution in [1.82, 2.24) is 15.0 Å². The number of nitro benzene ring substituents is 1. The van der Waals surface area contributed by atoms with E-state index >= 15 is 0 Å². The van der Waals surface area contributed by atoms with E-state index in [1.165, 1.54) is 6.07 Å². The monoisotopic (exact) mass is 359 g/mol. The highest BCUT2D eigenvalue weighted by Gasteiger charge is 2.17. The number of hydrogen-bond donors (Lipinski definition) is 1. The summed E-state index contributed by atoms with van der Waals surface area (Å²) in [5.74, 6) is 1.39. The van der Waals surface area contributed by atoms with Gasteiger partial charge in [0.25, 0.3) is 5.69 Å². The normalized spacial score (nSPS) is 10.5. The van der Waals surface area contributed by atoms with Crippen LogP contribution in [0.3, 0.4) is 0 Å². The smallest absolute Gasteiger partial charge is 0.292 e. The van der Waals surface area contributed by atoms with Crippen LogP contribution in [0.1, 0.15) is 27.7 Å². The van der Waals surface area contributed by atoms with E-state index in [1.54, 1.807) is 18.2 Å². The van der Waals surface area contributed by atoms with Gasteiger partial charge in [-0.25, -0.2) is 0 Å². The summed E-state index contributed by atoms with van der Waals surface area (Å²) in [5, 5.41) is 14.2. The maximum absolute atomic E-state index is 11.2. The fourth-order valence-electron chi connectivity index (χ4n) is 2.56. The highest BCUT2D eigenvalue weighted by Crippen LogP contribution is 2.27. The minimum atomic E-state index is -0.430. The highest BCUT2D eigenvalue weighted by atomic mass is 16.6. The Labute approximate surface area is 153 Å². The van der Waals surface area contributed by atoms with E-state index in [1.807, 2.05) is 37.5 Å². The van der Waals surface area contributed by atoms with Crippen LogP contribution in [0.25, 0.3) is 0 Å². The Hall–Kier alpha value is -2.97. The molecule has 0 saturated carbocycles. The van der Waals surface area contributed by atoms with Gasteiger partial charge in [0, 0.05) is 32.2 Å². The van der Waals surface area contributed by atoms with Gasteiger partial charge in [0.05, 0.1) is 4.92 Å². The third-order valence-electron chi connectivity index (χ3n) is 4.05. The van der Waals surface area contributed by atoms with Gasteiger partial charge < -0.3 is 15.1 Å². The van der Waals surface area contributed by atoms with Crippen molar-refractivity contribution in [3.63, 3.8) is 0 Å². The Balaban J connectivity index is 2.48. The molecule has 26 heavy (non-hydrogen) atoms. The second-order valence-corrected chi connectivity index (χ2v) is 5.50. The number of hydrogen-bond acceptors (Lipinski definition) is 8. The first kappa shape index (κ1) is 19.4. The van der Waals surface area contributed by atoms with Crippen LogP contribution in [0.2, 0.25) is 0 Å². The summed E-state index contributed by atoms with van der Waals surface area (Å²) in [7, 11) is 0. The van der Waals surface area contributed by atoms with E-state index in [0.29, 0.717) is 17.6 Å². The minimum Gasteiger partial charge on any atom is -0.341 e. The molecule has 9 nitrogen and oxygen atoms in total. The zero-order chi connectivity index (χ0) is 19.1. The van der Waals surface area contributed by atoms with Gasteiger partial charge in [-0.1, -0.05) is 12.1 Å². The average Bonchev–Trinajstić information content (AvgIpc) is 2.64. The lowest BCUT2D eigenvalue weighted by Crippen LogP contribution is -2.29. The molecule has 0 bridgehead atoms. The molecule has 0 radical (unpaired) electrons. The Morgan fingerprint density at radius 3 is 1.88 bits per heavy atom. The topological polar surface area (TPSA) is 100 Å². The predicted octanol–water partition coefficient (Wildman–Crippen LogP) is 3.22. The molecule has 0 spiro atoms. The Morgan fingerprint density at radius 2 is 1.42 bits per heavy atom. The fourth-order valence-corrected chi connectivity index (χ4v) is 2.56. The lowest BCUT2D eigenvalue weighted by atomic mass is 10.3. The molecule has 0 unspecified atom stereocenters. The number of para-hydroxylation sites is 2. The second-order valence-electron chi connectivity index (χ2n) is 5.50. The molecule has 1 heterocycles. The third kappa shape index (κ3) is 4.35. The van der Waals surface area contributed by atoms with Gasteiger partial charge >= 0.3 is 0 Å². The molecule has 1 N–H and O–H groups in total. The molecule has 1 aromatic carbocycles. The predicted molar refractivity (Wildman–Crippen MR) is 103 cm³/mol. The van der Waals surface area contributed by atoms with E-state index in [-0.39, 0.29) is 11.6 Å². The van der Waals surface area contributed by atoms with Gasteiger partial charge in [-0.05, 0) is 33.8 Å². The minimum absolute atomic E-state index is 0.0262. The number of nitro groups is 1. The number of anilines is 4. The molecule has 0 fully saturated rings. The Kier molecular flexibility index (Phi) is 6.65. The first-order valence-corrected chi connectivity index (χ1v) is 8.80. The van der Waals surface area contributed by atoms with Gasteiger partial charge in [0.2, 0.25) is 17.8 Å². The van der Waals surface area contributed by atoms with Crippen molar-refractivity contribution >= 4 is 29.2 Å². The van der Waals surface area contributed by atoms with Crippen LogP contribution in [0.5, 0.6) is 0 Å². The summed E-state index contributed by atoms with van der Waals surface area (Å²) in [6.45, 7) is 11.1. The maximum Gasteiger partial charge on any atom is 0.292 e. The van der Waals surface area contributed by atoms with Crippen LogP contribution in [0.4, 0.5) is 29.2 Å². The van der Waals surface area contributed by atoms with Crippen LogP contribution in [-0.4, -0.2) is 46.1 Å². The zero-order valence-corrected chi connectivity index (χ0v) is 15.6. The van der Waals surface area contributed by atoms with Crippen LogP contribution in [0, 0.1) is 10.1 Å². The molecule has 9 heteroatoms. The van der Waals surface area contributed by atoms with Crippen LogP contribution >= 0.6 is 0 Å². The molecule has 0 aliphatic rings. The van der Waals surface area contributed by atoms with Crippen molar-refractivity contribution in [1.29, 1.82) is 0 Å². The zero-order valence-electron chi connectivity index (χ0n) is 15.6. The molecular weight excluding hydrogens is 334 g/mol. The summed E-state index contributed by atoms with van der Waals surface area (Å²) >= 11 is 0. The van der Waals surface area contributed by atoms with Crippen molar-refractivity contribution in [3.8, 4) is 0 Å². The van der Waals surface area contributed by atoms with E-state index in [0.717, 1.165) is 26.2 Å². The van der Waals surface area contributed by atoms with Gasteiger partial charge in [0.15, 0.2) is 0 Å². The number of benzene rings is 1. The van der Waals surface area contributed by atoms with Crippen molar-refractivity contribution in [2.24, 2.45) is 0 Å². The van der Waals surface area contributed by atoms with Crippen molar-refractivity contribution in [2.45, 2.75) is 27.7 Å². The molecule has 1 aromatic heterocycles. The molecule has 0 amide bonds. The molecule has 0 atom stereocenters. The standard InChI is InChI=1S/C17H25N7O2/c1-5-22(6-2)16-19-15(20-17(21-16)23(7-3)8-4)18-13-11-9-10-12-14(13)24(25)26/h9-12H,5-8H2,1-4H3,(H,18,19,20,21). The summed E-state index contributed by atoms with van der Waals surface area (Å²) in [6.07, 6.45) is 0. The van der Waals surface area contributed by atoms with E-state index < -0.39 is 4.92 Å². The van der Waals surface area contributed by atoms with Gasteiger partial charge in [-0.15, -0.1) is 0 Å². The summed E-state index contributed by atoms with van der Waals surface area (Å²) in [6, 6.07) is 6.43. The lowest BCUT2D eigenvalue weighted by Gasteiger charge is -2.23. The first-order valence-electron chi connectivity index (χ1n) is 8.80. The number of aromatic nitrogens is 3. The van der Waals surface area contributed by atoms with E-state index in [4.69, 9.17) is 0 Å². The lowest BCUT2D eigenvalue weighted by molar-refractivity contribution is -0.383. The van der Waals surface area contributed by atoms with Crippen molar-refractivity contribution < 1.29 is 4.92 Å². The van der Waals surface area contributed by atoms with E-state index in [9.17, 15) is 10.1 Å².